The molecule has 0 spiro atoms. The summed E-state index contributed by atoms with van der Waals surface area (Å²) in [6, 6.07) is -0.0399. The van der Waals surface area contributed by atoms with Crippen molar-refractivity contribution in [1.82, 2.24) is 15.5 Å². The molecule has 1 aliphatic heterocycles. The van der Waals surface area contributed by atoms with Gasteiger partial charge < -0.3 is 20.3 Å². The van der Waals surface area contributed by atoms with Gasteiger partial charge >= 0.3 is 6.09 Å². The minimum Gasteiger partial charge on any atom is -0.444 e. The second-order valence-electron chi connectivity index (χ2n) is 6.68. The van der Waals surface area contributed by atoms with Crippen LogP contribution in [0, 0.1) is 0 Å². The number of carbonyl (C=O) groups is 1. The van der Waals surface area contributed by atoms with Gasteiger partial charge in [0.15, 0.2) is 5.96 Å². The molecule has 0 bridgehead atoms. The van der Waals surface area contributed by atoms with Crippen molar-refractivity contribution in [2.24, 2.45) is 10.1 Å². The lowest BCUT2D eigenvalue weighted by atomic mass is 10.2. The van der Waals surface area contributed by atoms with Crippen molar-refractivity contribution in [3.05, 3.63) is 0 Å². The van der Waals surface area contributed by atoms with Gasteiger partial charge in [-0.3, -0.25) is 4.99 Å². The Hall–Kier alpha value is -1.55. The summed E-state index contributed by atoms with van der Waals surface area (Å²) in [5, 5.41) is 10.9. The van der Waals surface area contributed by atoms with Crippen molar-refractivity contribution in [1.29, 1.82) is 0 Å². The van der Waals surface area contributed by atoms with Gasteiger partial charge in [0.05, 0.1) is 18.3 Å². The number of alkyl carbamates (subject to hydrolysis) is 1. The number of nitrogens with zero attached hydrogens (tertiary/aromatic N) is 2. The quantitative estimate of drug-likeness (QED) is 0.460. The summed E-state index contributed by atoms with van der Waals surface area (Å²) in [6.07, 6.45) is 0.323. The van der Waals surface area contributed by atoms with Crippen LogP contribution in [0.1, 0.15) is 34.1 Å². The van der Waals surface area contributed by atoms with Gasteiger partial charge in [-0.25, -0.2) is 18.4 Å². The van der Waals surface area contributed by atoms with Crippen LogP contribution in [-0.2, 0) is 14.8 Å². The largest absolute Gasteiger partial charge is 0.444 e. The number of aliphatic imine (C=N–C) groups is 1. The number of nitrogens with one attached hydrogen (secondary N) is 2. The highest BCUT2D eigenvalue weighted by molar-refractivity contribution is 7.89. The fraction of sp³-hybridized carbons (Fsp3) is 0.857. The van der Waals surface area contributed by atoms with E-state index < -0.39 is 21.7 Å². The molecule has 0 aromatic carbocycles. The summed E-state index contributed by atoms with van der Waals surface area (Å²) in [5.74, 6) is 0.421. The molecule has 0 radical (unpaired) electrons. The number of nitrogens with two attached hydrogens (primary N) is 1. The molecule has 1 heterocycles. The number of ether oxygens (including phenoxy) is 1. The number of amides is 1. The Morgan fingerprint density at radius 3 is 2.62 bits per heavy atom. The SMILES string of the molecule is CCNC(=NCCS(N)(=O)=O)N1CCC(NC(=O)OC(C)(C)C)C1. The van der Waals surface area contributed by atoms with Gasteiger partial charge in [0.25, 0.3) is 0 Å². The normalized spacial score (nSPS) is 19.3. The number of carbonyl (C=O) groups excluding carboxylic acids is 1. The molecule has 0 aliphatic carbocycles. The van der Waals surface area contributed by atoms with Crippen molar-refractivity contribution in [3.8, 4) is 0 Å². The van der Waals surface area contributed by atoms with Gasteiger partial charge in [0.1, 0.15) is 5.60 Å². The average Bonchev–Trinajstić information content (AvgIpc) is 2.82. The maximum absolute atomic E-state index is 11.8. The summed E-state index contributed by atoms with van der Waals surface area (Å²) in [6.45, 7) is 9.43. The summed E-state index contributed by atoms with van der Waals surface area (Å²) < 4.78 is 27.2. The second kappa shape index (κ2) is 8.52. The van der Waals surface area contributed by atoms with Gasteiger partial charge in [0, 0.05) is 19.6 Å². The van der Waals surface area contributed by atoms with Crippen LogP contribution in [-0.4, -0.2) is 68.9 Å². The fourth-order valence-corrected chi connectivity index (χ4v) is 2.60. The van der Waals surface area contributed by atoms with Crippen LogP contribution < -0.4 is 15.8 Å². The molecule has 9 nitrogen and oxygen atoms in total. The molecule has 4 N–H and O–H groups in total. The number of hydrogen-bond acceptors (Lipinski definition) is 5. The molecule has 10 heteroatoms. The molecule has 24 heavy (non-hydrogen) atoms. The Morgan fingerprint density at radius 1 is 1.42 bits per heavy atom. The Bertz CT molecular complexity index is 556. The first-order chi connectivity index (χ1) is 11.0. The minimum atomic E-state index is -3.53. The average molecular weight is 363 g/mol. The van der Waals surface area contributed by atoms with Crippen molar-refractivity contribution in [2.45, 2.75) is 45.8 Å². The van der Waals surface area contributed by atoms with Gasteiger partial charge in [-0.05, 0) is 34.1 Å². The second-order valence-corrected chi connectivity index (χ2v) is 8.41. The fourth-order valence-electron chi connectivity index (χ4n) is 2.25. The first-order valence-corrected chi connectivity index (χ1v) is 9.75. The van der Waals surface area contributed by atoms with Crippen LogP contribution in [0.2, 0.25) is 0 Å². The minimum absolute atomic E-state index is 0.0399. The molecule has 1 fully saturated rings. The van der Waals surface area contributed by atoms with E-state index >= 15 is 0 Å². The summed E-state index contributed by atoms with van der Waals surface area (Å²) in [5.41, 5.74) is -0.535. The van der Waals surface area contributed by atoms with Crippen molar-refractivity contribution in [3.63, 3.8) is 0 Å². The molecule has 140 valence electrons. The highest BCUT2D eigenvalue weighted by Crippen LogP contribution is 2.12. The molecular formula is C14H29N5O4S. The Kier molecular flexibility index (Phi) is 7.27. The topological polar surface area (TPSA) is 126 Å². The number of primary sulfonamides is 1. The maximum atomic E-state index is 11.8. The third-order valence-corrected chi connectivity index (χ3v) is 3.93. The lowest BCUT2D eigenvalue weighted by molar-refractivity contribution is 0.0507. The molecule has 0 saturated carbocycles. The lowest BCUT2D eigenvalue weighted by Gasteiger charge is -2.23. The first kappa shape index (κ1) is 20.5. The standard InChI is InChI=1S/C14H29N5O4S/c1-5-16-12(17-7-9-24(15,21)22)19-8-6-11(10-19)18-13(20)23-14(2,3)4/h11H,5-10H2,1-4H3,(H,16,17)(H,18,20)(H2,15,21,22). The van der Waals surface area contributed by atoms with Gasteiger partial charge in [-0.2, -0.15) is 0 Å². The van der Waals surface area contributed by atoms with E-state index in [1.54, 1.807) is 0 Å². The van der Waals surface area contributed by atoms with Crippen LogP contribution in [0.5, 0.6) is 0 Å². The monoisotopic (exact) mass is 363 g/mol. The van der Waals surface area contributed by atoms with Crippen LogP contribution in [0.15, 0.2) is 4.99 Å². The molecular weight excluding hydrogens is 334 g/mol. The zero-order valence-electron chi connectivity index (χ0n) is 14.8. The molecule has 1 amide bonds. The van der Waals surface area contributed by atoms with E-state index in [9.17, 15) is 13.2 Å². The molecule has 0 aromatic heterocycles. The smallest absolute Gasteiger partial charge is 0.407 e. The number of rotatable bonds is 5. The van der Waals surface area contributed by atoms with E-state index in [2.05, 4.69) is 15.6 Å². The van der Waals surface area contributed by atoms with Crippen LogP contribution >= 0.6 is 0 Å². The van der Waals surface area contributed by atoms with Crippen LogP contribution in [0.4, 0.5) is 4.79 Å². The highest BCUT2D eigenvalue weighted by atomic mass is 32.2. The zero-order valence-corrected chi connectivity index (χ0v) is 15.6. The molecule has 1 unspecified atom stereocenters. The van der Waals surface area contributed by atoms with E-state index in [1.807, 2.05) is 32.6 Å². The first-order valence-electron chi connectivity index (χ1n) is 8.03. The Labute approximate surface area is 144 Å². The highest BCUT2D eigenvalue weighted by Gasteiger charge is 2.27. The van der Waals surface area contributed by atoms with Crippen molar-refractivity contribution < 1.29 is 17.9 Å². The van der Waals surface area contributed by atoms with Crippen molar-refractivity contribution >= 4 is 22.1 Å². The summed E-state index contributed by atoms with van der Waals surface area (Å²) in [4.78, 5) is 18.1. The molecule has 0 aromatic rings. The Morgan fingerprint density at radius 2 is 2.08 bits per heavy atom. The van der Waals surface area contributed by atoms with E-state index in [-0.39, 0.29) is 18.3 Å². The number of likely N-dealkylation sites (tertiary alicyclic amines) is 1. The summed E-state index contributed by atoms with van der Waals surface area (Å²) >= 11 is 0. The van der Waals surface area contributed by atoms with E-state index in [4.69, 9.17) is 9.88 Å². The van der Waals surface area contributed by atoms with Gasteiger partial charge in [-0.1, -0.05) is 0 Å². The van der Waals surface area contributed by atoms with Gasteiger partial charge in [0.2, 0.25) is 10.0 Å². The van der Waals surface area contributed by atoms with Crippen molar-refractivity contribution in [2.75, 3.05) is 31.9 Å². The predicted octanol–water partition coefficient (Wildman–Crippen LogP) is -0.161. The lowest BCUT2D eigenvalue weighted by Crippen LogP contribution is -2.44. The van der Waals surface area contributed by atoms with Crippen LogP contribution in [0.25, 0.3) is 0 Å². The predicted molar refractivity (Wildman–Crippen MR) is 93.3 cm³/mol. The number of sulfonamides is 1. The van der Waals surface area contributed by atoms with Crippen LogP contribution in [0.3, 0.4) is 0 Å². The molecule has 1 saturated heterocycles. The van der Waals surface area contributed by atoms with E-state index in [0.29, 0.717) is 25.6 Å². The zero-order chi connectivity index (χ0) is 18.4. The van der Waals surface area contributed by atoms with E-state index in [0.717, 1.165) is 6.42 Å². The summed E-state index contributed by atoms with van der Waals surface area (Å²) in [7, 11) is -3.53. The molecule has 1 aliphatic rings. The number of hydrogen-bond donors (Lipinski definition) is 3. The number of guanidine groups is 1. The third kappa shape index (κ3) is 8.34. The molecule has 1 rings (SSSR count). The third-order valence-electron chi connectivity index (χ3n) is 3.18. The maximum Gasteiger partial charge on any atom is 0.407 e. The molecule has 1 atom stereocenters. The van der Waals surface area contributed by atoms with Gasteiger partial charge in [-0.15, -0.1) is 0 Å². The Balaban J connectivity index is 2.56. The van der Waals surface area contributed by atoms with E-state index in [1.165, 1.54) is 0 Å².